The summed E-state index contributed by atoms with van der Waals surface area (Å²) in [7, 11) is 0. The Morgan fingerprint density at radius 3 is 2.21 bits per heavy atom. The predicted molar refractivity (Wildman–Crippen MR) is 295 cm³/mol. The molecule has 0 amide bonds. The fourth-order valence-corrected chi connectivity index (χ4v) is 14.5. The molecule has 3 heterocycles. The summed E-state index contributed by atoms with van der Waals surface area (Å²) in [5.41, 5.74) is 5.43. The van der Waals surface area contributed by atoms with Crippen molar-refractivity contribution in [2.45, 2.75) is 140 Å². The molecule has 3 saturated carbocycles. The first-order chi connectivity index (χ1) is 37.9. The first-order valence-electron chi connectivity index (χ1n) is 31.0. The zero-order chi connectivity index (χ0) is 58.0. The first kappa shape index (κ1) is 39.4. The maximum Gasteiger partial charge on any atom is 2.00 e. The van der Waals surface area contributed by atoms with E-state index in [0.29, 0.717) is 57.0 Å². The quantitative estimate of drug-likeness (QED) is 0.142. The SMILES string of the molecule is [2H]C([2H])([2H])c1cnc(-c2[c-]c(Oc3[c-]c(-c4cc(C5CCC(C)(C6CCC(C7([2H])CC(C)(C)CC(C)(C)C7)CC6C)CC5C)c(C)cn4)c4oc5c6ccccc6ccc5c4c3)c(C([2H])([2H])[2H])c(-c3ccccc3)c2)cc1C([2H])([2H])[2H].[Pt+2]. The van der Waals surface area contributed by atoms with Gasteiger partial charge in [-0.25, -0.2) is 0 Å². The standard InChI is InChI=1S/C67H74N2O2.Pt/c1-40-28-60(68-37-43(40)4)49-29-56(46-17-13-12-14-18-46)45(6)62(30-49)70-51-31-57-54-23-21-47-19-15-16-20-53(47)63(54)71-64(57)58(32-51)61-33-55(44(5)38-69-61)52-25-26-67(11,34-42(52)3)59-24-22-48(27-41(59)2)50-35-65(7,8)39-66(9,10)36-50;/h12-21,23,28-29,31,33,37-38,41-42,48,50,52,59H,22,24-27,34-36,39H2,1-11H3;/q-2;+2/i1D3,4D3,6D3,50D;. The van der Waals surface area contributed by atoms with Crippen LogP contribution in [-0.2, 0) is 21.1 Å². The molecule has 4 nitrogen and oxygen atoms in total. The van der Waals surface area contributed by atoms with Crippen LogP contribution in [0.1, 0.15) is 154 Å². The molecule has 6 atom stereocenters. The number of aryl methyl sites for hydroxylation is 3. The van der Waals surface area contributed by atoms with E-state index in [1.165, 1.54) is 24.5 Å². The molecule has 0 spiro atoms. The van der Waals surface area contributed by atoms with Gasteiger partial charge in [-0.05, 0) is 169 Å². The van der Waals surface area contributed by atoms with E-state index < -0.39 is 31.7 Å². The molecule has 6 unspecified atom stereocenters. The molecule has 3 fully saturated rings. The summed E-state index contributed by atoms with van der Waals surface area (Å²) in [6, 6.07) is 34.6. The van der Waals surface area contributed by atoms with Crippen molar-refractivity contribution in [1.82, 2.24) is 9.97 Å². The average molecular weight is 1140 g/mol. The van der Waals surface area contributed by atoms with Crippen molar-refractivity contribution < 1.29 is 43.9 Å². The topological polar surface area (TPSA) is 48.2 Å². The Morgan fingerprint density at radius 1 is 0.708 bits per heavy atom. The molecule has 3 aromatic heterocycles. The van der Waals surface area contributed by atoms with Gasteiger partial charge >= 0.3 is 21.1 Å². The zero-order valence-corrected chi connectivity index (χ0v) is 45.4. The number of ether oxygens (including phenoxy) is 1. The number of nitrogens with zero attached hydrogens (tertiary/aromatic N) is 2. The van der Waals surface area contributed by atoms with E-state index in [4.69, 9.17) is 26.5 Å². The minimum Gasteiger partial charge on any atom is -0.500 e. The molecule has 3 aliphatic rings. The number of pyridine rings is 2. The molecule has 72 heavy (non-hydrogen) atoms. The van der Waals surface area contributed by atoms with Gasteiger partial charge in [-0.15, -0.1) is 11.6 Å². The minimum atomic E-state index is -2.81. The Balaban J connectivity index is 0.00000753. The molecule has 3 aliphatic carbocycles. The van der Waals surface area contributed by atoms with Gasteiger partial charge in [-0.3, -0.25) is 0 Å². The van der Waals surface area contributed by atoms with Gasteiger partial charge in [0.2, 0.25) is 0 Å². The van der Waals surface area contributed by atoms with Crippen molar-refractivity contribution in [3.63, 3.8) is 0 Å². The van der Waals surface area contributed by atoms with Crippen molar-refractivity contribution in [3.05, 3.63) is 143 Å². The molecule has 8 aromatic rings. The van der Waals surface area contributed by atoms with E-state index in [1.54, 1.807) is 36.4 Å². The molecule has 374 valence electrons. The van der Waals surface area contributed by atoms with Gasteiger partial charge in [0.1, 0.15) is 5.58 Å². The van der Waals surface area contributed by atoms with Crippen molar-refractivity contribution >= 4 is 32.7 Å². The van der Waals surface area contributed by atoms with E-state index in [2.05, 4.69) is 84.6 Å². The third-order valence-electron chi connectivity index (χ3n) is 17.2. The van der Waals surface area contributed by atoms with Crippen LogP contribution in [-0.4, -0.2) is 9.97 Å². The summed E-state index contributed by atoms with van der Waals surface area (Å²) in [6.45, 7) is 10.8. The molecular weight excluding hydrogens is 1060 g/mol. The van der Waals surface area contributed by atoms with Crippen LogP contribution in [0.3, 0.4) is 0 Å². The average Bonchev–Trinajstić information content (AvgIpc) is 3.90. The normalized spacial score (nSPS) is 27.4. The van der Waals surface area contributed by atoms with Gasteiger partial charge in [0.15, 0.2) is 0 Å². The molecule has 0 aliphatic heterocycles. The van der Waals surface area contributed by atoms with Crippen molar-refractivity contribution in [2.75, 3.05) is 0 Å². The van der Waals surface area contributed by atoms with Crippen LogP contribution in [0.2, 0.25) is 0 Å². The van der Waals surface area contributed by atoms with Crippen molar-refractivity contribution in [2.24, 2.45) is 45.8 Å². The number of benzene rings is 5. The Hall–Kier alpha value is -5.05. The van der Waals surface area contributed by atoms with E-state index in [-0.39, 0.29) is 83.0 Å². The molecule has 0 radical (unpaired) electrons. The molecule has 0 bridgehead atoms. The van der Waals surface area contributed by atoms with Crippen LogP contribution < -0.4 is 4.74 Å². The van der Waals surface area contributed by atoms with Gasteiger partial charge in [-0.2, -0.15) is 0 Å². The molecule has 11 rings (SSSR count). The van der Waals surface area contributed by atoms with Crippen LogP contribution in [0.5, 0.6) is 11.5 Å². The van der Waals surface area contributed by atoms with Crippen LogP contribution in [0, 0.1) is 85.4 Å². The van der Waals surface area contributed by atoms with E-state index in [0.717, 1.165) is 72.9 Å². The maximum absolute atomic E-state index is 9.97. The smallest absolute Gasteiger partial charge is 0.500 e. The summed E-state index contributed by atoms with van der Waals surface area (Å²) in [5.74, 6) is 1.87. The number of hydrogen-bond donors (Lipinski definition) is 0. The third kappa shape index (κ3) is 9.53. The molecule has 0 N–H and O–H groups in total. The fraction of sp³-hybridized carbons (Fsp3) is 0.433. The molecular formula is C67H74N2O2Pt. The second kappa shape index (κ2) is 19.3. The molecule has 5 heteroatoms. The van der Waals surface area contributed by atoms with Crippen LogP contribution in [0.15, 0.2) is 108 Å². The van der Waals surface area contributed by atoms with Crippen LogP contribution >= 0.6 is 0 Å². The summed E-state index contributed by atoms with van der Waals surface area (Å²) in [6.07, 6.45) is 12.9. The second-order valence-electron chi connectivity index (χ2n) is 23.9. The monoisotopic (exact) mass is 1140 g/mol. The van der Waals surface area contributed by atoms with Crippen LogP contribution in [0.4, 0.5) is 0 Å². The Morgan fingerprint density at radius 2 is 1.46 bits per heavy atom. The van der Waals surface area contributed by atoms with Gasteiger partial charge in [0.25, 0.3) is 0 Å². The van der Waals surface area contributed by atoms with Crippen molar-refractivity contribution in [1.29, 1.82) is 0 Å². The maximum atomic E-state index is 9.97. The fourth-order valence-electron chi connectivity index (χ4n) is 14.5. The van der Waals surface area contributed by atoms with E-state index in [9.17, 15) is 1.37 Å². The van der Waals surface area contributed by atoms with Crippen molar-refractivity contribution in [3.8, 4) is 45.1 Å². The number of furan rings is 1. The Bertz CT molecular complexity index is 3700. The minimum absolute atomic E-state index is 0. The largest absolute Gasteiger partial charge is 2.00 e. The van der Waals surface area contributed by atoms with Gasteiger partial charge in [-0.1, -0.05) is 180 Å². The van der Waals surface area contributed by atoms with E-state index >= 15 is 0 Å². The molecule has 5 aromatic carbocycles. The first-order valence-corrected chi connectivity index (χ1v) is 26.0. The predicted octanol–water partition coefficient (Wildman–Crippen LogP) is 19.0. The van der Waals surface area contributed by atoms with Gasteiger partial charge in [0, 0.05) is 48.4 Å². The number of hydrogen-bond acceptors (Lipinski definition) is 4. The summed E-state index contributed by atoms with van der Waals surface area (Å²) >= 11 is 0. The zero-order valence-electron chi connectivity index (χ0n) is 53.1. The summed E-state index contributed by atoms with van der Waals surface area (Å²) < 4.78 is 100. The molecule has 0 saturated heterocycles. The Kier molecular flexibility index (Phi) is 10.6. The third-order valence-corrected chi connectivity index (χ3v) is 17.2. The van der Waals surface area contributed by atoms with Gasteiger partial charge < -0.3 is 19.1 Å². The number of rotatable bonds is 8. The van der Waals surface area contributed by atoms with E-state index in [1.807, 2.05) is 42.6 Å². The summed E-state index contributed by atoms with van der Waals surface area (Å²) in [5, 5.41) is 3.45. The number of fused-ring (bicyclic) bond motifs is 5. The summed E-state index contributed by atoms with van der Waals surface area (Å²) in [4.78, 5) is 9.56. The Labute approximate surface area is 458 Å². The second-order valence-corrected chi connectivity index (χ2v) is 23.9. The van der Waals surface area contributed by atoms with Gasteiger partial charge in [0.05, 0.1) is 5.58 Å². The van der Waals surface area contributed by atoms with Crippen LogP contribution in [0.25, 0.3) is 66.4 Å². The number of aromatic nitrogens is 2.